The van der Waals surface area contributed by atoms with Crippen molar-refractivity contribution in [2.45, 2.75) is 40.0 Å². The summed E-state index contributed by atoms with van der Waals surface area (Å²) in [4.78, 5) is 27.7. The second-order valence-electron chi connectivity index (χ2n) is 6.74. The van der Waals surface area contributed by atoms with Crippen LogP contribution in [0.5, 0.6) is 0 Å². The number of carboxylic acid groups (broad SMARTS) is 1. The molecule has 0 saturated carbocycles. The van der Waals surface area contributed by atoms with Gasteiger partial charge in [-0.15, -0.1) is 0 Å². The first-order valence-electron chi connectivity index (χ1n) is 7.65. The predicted molar refractivity (Wildman–Crippen MR) is 76.5 cm³/mol. The minimum Gasteiger partial charge on any atom is -0.481 e. The Balaban J connectivity index is 2.02. The monoisotopic (exact) mass is 282 g/mol. The molecule has 2 aliphatic heterocycles. The predicted octanol–water partition coefficient (Wildman–Crippen LogP) is 2.27. The smallest absolute Gasteiger partial charge is 0.320 e. The number of rotatable bonds is 2. The Hall–Kier alpha value is -1.26. The van der Waals surface area contributed by atoms with Gasteiger partial charge in [0.1, 0.15) is 0 Å². The normalized spacial score (nSPS) is 34.4. The molecule has 1 N–H and O–H groups in total. The van der Waals surface area contributed by atoms with Crippen LogP contribution in [0.25, 0.3) is 0 Å². The number of hydrogen-bond acceptors (Lipinski definition) is 2. The lowest BCUT2D eigenvalue weighted by Gasteiger charge is -2.37. The number of urea groups is 1. The third kappa shape index (κ3) is 2.76. The molecular formula is C15H26N2O3. The lowest BCUT2D eigenvalue weighted by molar-refractivity contribution is -0.148. The quantitative estimate of drug-likeness (QED) is 0.845. The van der Waals surface area contributed by atoms with Crippen LogP contribution in [-0.4, -0.2) is 53.1 Å². The van der Waals surface area contributed by atoms with E-state index in [1.54, 1.807) is 4.90 Å². The zero-order valence-corrected chi connectivity index (χ0v) is 12.8. The van der Waals surface area contributed by atoms with Crippen LogP contribution in [0.4, 0.5) is 4.79 Å². The SMILES string of the molecule is CCC1(C(=O)O)CCN(C(=O)N2CC(C)CC(C)C2)C1. The van der Waals surface area contributed by atoms with E-state index >= 15 is 0 Å². The summed E-state index contributed by atoms with van der Waals surface area (Å²) in [6.07, 6.45) is 2.32. The van der Waals surface area contributed by atoms with Crippen molar-refractivity contribution >= 4 is 12.0 Å². The van der Waals surface area contributed by atoms with E-state index in [1.165, 1.54) is 0 Å². The molecule has 0 aromatic heterocycles. The summed E-state index contributed by atoms with van der Waals surface area (Å²) in [5, 5.41) is 9.41. The molecule has 2 amide bonds. The van der Waals surface area contributed by atoms with Crippen LogP contribution < -0.4 is 0 Å². The summed E-state index contributed by atoms with van der Waals surface area (Å²) < 4.78 is 0. The number of carboxylic acids is 1. The molecule has 0 aromatic rings. The molecule has 20 heavy (non-hydrogen) atoms. The van der Waals surface area contributed by atoms with Crippen molar-refractivity contribution in [2.75, 3.05) is 26.2 Å². The van der Waals surface area contributed by atoms with Crippen molar-refractivity contribution in [3.05, 3.63) is 0 Å². The van der Waals surface area contributed by atoms with Gasteiger partial charge in [-0.3, -0.25) is 4.79 Å². The Bertz CT molecular complexity index is 389. The molecule has 5 nitrogen and oxygen atoms in total. The van der Waals surface area contributed by atoms with Gasteiger partial charge in [0.05, 0.1) is 5.41 Å². The highest BCUT2D eigenvalue weighted by Crippen LogP contribution is 2.35. The summed E-state index contributed by atoms with van der Waals surface area (Å²) >= 11 is 0. The number of hydrogen-bond donors (Lipinski definition) is 1. The van der Waals surface area contributed by atoms with Crippen LogP contribution in [0.1, 0.15) is 40.0 Å². The summed E-state index contributed by atoms with van der Waals surface area (Å²) in [7, 11) is 0. The Kier molecular flexibility index (Phi) is 4.25. The second-order valence-corrected chi connectivity index (χ2v) is 6.74. The fourth-order valence-corrected chi connectivity index (χ4v) is 3.67. The van der Waals surface area contributed by atoms with E-state index in [9.17, 15) is 14.7 Å². The van der Waals surface area contributed by atoms with E-state index in [0.29, 0.717) is 37.8 Å². The maximum atomic E-state index is 12.6. The molecule has 3 atom stereocenters. The van der Waals surface area contributed by atoms with Gasteiger partial charge in [-0.1, -0.05) is 20.8 Å². The first kappa shape index (κ1) is 15.1. The van der Waals surface area contributed by atoms with Gasteiger partial charge >= 0.3 is 12.0 Å². The maximum Gasteiger partial charge on any atom is 0.320 e. The molecule has 114 valence electrons. The van der Waals surface area contributed by atoms with Crippen LogP contribution in [0.2, 0.25) is 0 Å². The molecule has 2 aliphatic rings. The summed E-state index contributed by atoms with van der Waals surface area (Å²) in [5.41, 5.74) is -0.733. The minimum atomic E-state index is -0.768. The van der Waals surface area contributed by atoms with Gasteiger partial charge < -0.3 is 14.9 Å². The average Bonchev–Trinajstić information content (AvgIpc) is 2.82. The lowest BCUT2D eigenvalue weighted by atomic mass is 9.84. The van der Waals surface area contributed by atoms with Crippen molar-refractivity contribution in [1.29, 1.82) is 0 Å². The van der Waals surface area contributed by atoms with E-state index in [4.69, 9.17) is 0 Å². The van der Waals surface area contributed by atoms with Crippen molar-refractivity contribution in [2.24, 2.45) is 17.3 Å². The highest BCUT2D eigenvalue weighted by molar-refractivity contribution is 5.79. The first-order valence-corrected chi connectivity index (χ1v) is 7.65. The van der Waals surface area contributed by atoms with Crippen LogP contribution in [0.3, 0.4) is 0 Å². The van der Waals surface area contributed by atoms with Crippen LogP contribution in [0.15, 0.2) is 0 Å². The first-order chi connectivity index (χ1) is 9.38. The van der Waals surface area contributed by atoms with Crippen LogP contribution >= 0.6 is 0 Å². The lowest BCUT2D eigenvalue weighted by Crippen LogP contribution is -2.49. The number of amides is 2. The summed E-state index contributed by atoms with van der Waals surface area (Å²) in [6.45, 7) is 8.76. The summed E-state index contributed by atoms with van der Waals surface area (Å²) in [6, 6.07) is 0.0278. The highest BCUT2D eigenvalue weighted by Gasteiger charge is 2.45. The zero-order chi connectivity index (χ0) is 14.9. The third-order valence-corrected chi connectivity index (χ3v) is 4.89. The molecule has 0 aliphatic carbocycles. The third-order valence-electron chi connectivity index (χ3n) is 4.89. The Morgan fingerprint density at radius 3 is 2.25 bits per heavy atom. The largest absolute Gasteiger partial charge is 0.481 e. The molecule has 2 heterocycles. The van der Waals surface area contributed by atoms with E-state index in [-0.39, 0.29) is 6.03 Å². The van der Waals surface area contributed by atoms with Crippen molar-refractivity contribution in [1.82, 2.24) is 9.80 Å². The molecule has 2 rings (SSSR count). The van der Waals surface area contributed by atoms with Crippen molar-refractivity contribution in [3.63, 3.8) is 0 Å². The van der Waals surface area contributed by atoms with E-state index in [1.807, 2.05) is 11.8 Å². The molecule has 0 radical (unpaired) electrons. The van der Waals surface area contributed by atoms with Gasteiger partial charge in [0.15, 0.2) is 0 Å². The number of piperidine rings is 1. The Morgan fingerprint density at radius 1 is 1.20 bits per heavy atom. The van der Waals surface area contributed by atoms with Gasteiger partial charge in [-0.2, -0.15) is 0 Å². The molecule has 0 spiro atoms. The van der Waals surface area contributed by atoms with E-state index in [2.05, 4.69) is 13.8 Å². The standard InChI is InChI=1S/C15H26N2O3/c1-4-15(13(18)19)5-6-16(10-15)14(20)17-8-11(2)7-12(3)9-17/h11-12H,4-10H2,1-3H3,(H,18,19). The Morgan fingerprint density at radius 2 is 1.80 bits per heavy atom. The van der Waals surface area contributed by atoms with Gasteiger partial charge in [0.2, 0.25) is 0 Å². The number of carbonyl (C=O) groups is 2. The van der Waals surface area contributed by atoms with E-state index in [0.717, 1.165) is 19.5 Å². The molecule has 2 fully saturated rings. The number of aliphatic carboxylic acids is 1. The maximum absolute atomic E-state index is 12.6. The molecule has 3 unspecified atom stereocenters. The fraction of sp³-hybridized carbons (Fsp3) is 0.867. The fourth-order valence-electron chi connectivity index (χ4n) is 3.67. The number of carbonyl (C=O) groups excluding carboxylic acids is 1. The molecule has 0 bridgehead atoms. The minimum absolute atomic E-state index is 0.0278. The van der Waals surface area contributed by atoms with Gasteiger partial charge in [-0.05, 0) is 31.1 Å². The molecular weight excluding hydrogens is 256 g/mol. The number of nitrogens with zero attached hydrogens (tertiary/aromatic N) is 2. The second kappa shape index (κ2) is 5.62. The summed E-state index contributed by atoms with van der Waals surface area (Å²) in [5.74, 6) is 0.289. The van der Waals surface area contributed by atoms with E-state index < -0.39 is 11.4 Å². The highest BCUT2D eigenvalue weighted by atomic mass is 16.4. The van der Waals surface area contributed by atoms with Crippen molar-refractivity contribution in [3.8, 4) is 0 Å². The van der Waals surface area contributed by atoms with Gasteiger partial charge in [0.25, 0.3) is 0 Å². The van der Waals surface area contributed by atoms with Gasteiger partial charge in [-0.25, -0.2) is 4.79 Å². The van der Waals surface area contributed by atoms with Crippen LogP contribution in [-0.2, 0) is 4.79 Å². The number of likely N-dealkylation sites (tertiary alicyclic amines) is 2. The van der Waals surface area contributed by atoms with Crippen LogP contribution in [0, 0.1) is 17.3 Å². The van der Waals surface area contributed by atoms with Crippen molar-refractivity contribution < 1.29 is 14.7 Å². The zero-order valence-electron chi connectivity index (χ0n) is 12.8. The van der Waals surface area contributed by atoms with Gasteiger partial charge in [0, 0.05) is 26.2 Å². The average molecular weight is 282 g/mol. The molecule has 5 heteroatoms. The molecule has 0 aromatic carbocycles. The topological polar surface area (TPSA) is 60.9 Å². The molecule has 2 saturated heterocycles. The Labute approximate surface area is 120 Å².